The van der Waals surface area contributed by atoms with Gasteiger partial charge in [0.2, 0.25) is 5.91 Å². The largest absolute Gasteiger partial charge is 0.369 e. The summed E-state index contributed by atoms with van der Waals surface area (Å²) in [6.45, 7) is 4.36. The molecule has 0 saturated carbocycles. The van der Waals surface area contributed by atoms with E-state index < -0.39 is 0 Å². The summed E-state index contributed by atoms with van der Waals surface area (Å²) in [6.07, 6.45) is 3.48. The number of carbonyl (C=O) groups is 1. The van der Waals surface area contributed by atoms with Crippen LogP contribution in [0.1, 0.15) is 32.0 Å². The van der Waals surface area contributed by atoms with Crippen LogP contribution in [0.2, 0.25) is 5.15 Å². The summed E-state index contributed by atoms with van der Waals surface area (Å²) in [5.74, 6) is 1.60. The number of aromatic nitrogens is 2. The van der Waals surface area contributed by atoms with Crippen LogP contribution in [0.25, 0.3) is 0 Å². The minimum atomic E-state index is 0.209. The van der Waals surface area contributed by atoms with Crippen molar-refractivity contribution in [3.63, 3.8) is 0 Å². The van der Waals surface area contributed by atoms with E-state index in [0.717, 1.165) is 32.4 Å². The number of hydrogen-bond donors (Lipinski definition) is 1. The lowest BCUT2D eigenvalue weighted by molar-refractivity contribution is -0.129. The maximum Gasteiger partial charge on any atom is 0.224 e. The number of nitrogens with one attached hydrogen (secondary N) is 1. The summed E-state index contributed by atoms with van der Waals surface area (Å²) >= 11 is 5.91. The molecule has 1 aliphatic rings. The zero-order chi connectivity index (χ0) is 13.7. The van der Waals surface area contributed by atoms with Gasteiger partial charge in [-0.1, -0.05) is 18.5 Å². The molecule has 0 radical (unpaired) electrons. The first-order chi connectivity index (χ1) is 9.19. The second-order valence-corrected chi connectivity index (χ2v) is 5.00. The zero-order valence-electron chi connectivity index (χ0n) is 11.2. The number of anilines is 1. The number of hydrogen-bond acceptors (Lipinski definition) is 4. The zero-order valence-corrected chi connectivity index (χ0v) is 11.9. The van der Waals surface area contributed by atoms with Gasteiger partial charge in [0.1, 0.15) is 16.8 Å². The predicted molar refractivity (Wildman–Crippen MR) is 75.3 cm³/mol. The van der Waals surface area contributed by atoms with Gasteiger partial charge in [0.05, 0.1) is 0 Å². The Bertz CT molecular complexity index is 446. The van der Waals surface area contributed by atoms with Crippen molar-refractivity contribution in [2.45, 2.75) is 32.6 Å². The molecule has 0 aromatic carbocycles. The van der Waals surface area contributed by atoms with Gasteiger partial charge in [0.15, 0.2) is 0 Å². The van der Waals surface area contributed by atoms with Crippen molar-refractivity contribution in [2.24, 2.45) is 0 Å². The maximum absolute atomic E-state index is 11.9. The van der Waals surface area contributed by atoms with Gasteiger partial charge in [-0.25, -0.2) is 9.97 Å². The third kappa shape index (κ3) is 4.06. The number of aryl methyl sites for hydroxylation is 1. The average molecular weight is 283 g/mol. The monoisotopic (exact) mass is 282 g/mol. The van der Waals surface area contributed by atoms with Crippen molar-refractivity contribution in [3.05, 3.63) is 17.0 Å². The highest BCUT2D eigenvalue weighted by Gasteiger charge is 2.17. The van der Waals surface area contributed by atoms with Crippen LogP contribution in [0.5, 0.6) is 0 Å². The summed E-state index contributed by atoms with van der Waals surface area (Å²) < 4.78 is 0. The number of carbonyl (C=O) groups excluding carboxylic acids is 1. The van der Waals surface area contributed by atoms with Crippen molar-refractivity contribution in [3.8, 4) is 0 Å². The maximum atomic E-state index is 11.9. The van der Waals surface area contributed by atoms with Crippen molar-refractivity contribution in [1.29, 1.82) is 0 Å². The molecule has 2 rings (SSSR count). The third-order valence-corrected chi connectivity index (χ3v) is 3.35. The quantitative estimate of drug-likeness (QED) is 0.841. The topological polar surface area (TPSA) is 58.1 Å². The molecule has 1 aromatic heterocycles. The SMILES string of the molecule is CCc1nc(Cl)cc(NCCC(=O)N2CCCC2)n1. The number of nitrogens with zero attached hydrogens (tertiary/aromatic N) is 3. The van der Waals surface area contributed by atoms with E-state index in [4.69, 9.17) is 11.6 Å². The third-order valence-electron chi connectivity index (χ3n) is 3.16. The lowest BCUT2D eigenvalue weighted by Crippen LogP contribution is -2.29. The summed E-state index contributed by atoms with van der Waals surface area (Å²) in [4.78, 5) is 22.2. The molecular weight excluding hydrogens is 264 g/mol. The lowest BCUT2D eigenvalue weighted by Gasteiger charge is -2.15. The van der Waals surface area contributed by atoms with Gasteiger partial charge in [0, 0.05) is 38.5 Å². The summed E-state index contributed by atoms with van der Waals surface area (Å²) in [6, 6.07) is 1.68. The highest BCUT2D eigenvalue weighted by Crippen LogP contribution is 2.12. The molecule has 0 atom stereocenters. The smallest absolute Gasteiger partial charge is 0.224 e. The Morgan fingerprint density at radius 1 is 1.42 bits per heavy atom. The van der Waals surface area contributed by atoms with E-state index in [1.165, 1.54) is 0 Å². The van der Waals surface area contributed by atoms with Crippen LogP contribution in [-0.2, 0) is 11.2 Å². The average Bonchev–Trinajstić information content (AvgIpc) is 2.92. The molecule has 0 spiro atoms. The van der Waals surface area contributed by atoms with E-state index in [2.05, 4.69) is 15.3 Å². The molecule has 0 aliphatic carbocycles. The Morgan fingerprint density at radius 3 is 2.84 bits per heavy atom. The van der Waals surface area contributed by atoms with Crippen LogP contribution in [0.3, 0.4) is 0 Å². The minimum Gasteiger partial charge on any atom is -0.369 e. The molecule has 1 amide bonds. The van der Waals surface area contributed by atoms with Gasteiger partial charge >= 0.3 is 0 Å². The molecule has 1 aromatic rings. The first kappa shape index (κ1) is 14.1. The van der Waals surface area contributed by atoms with Gasteiger partial charge in [-0.15, -0.1) is 0 Å². The highest BCUT2D eigenvalue weighted by atomic mass is 35.5. The summed E-state index contributed by atoms with van der Waals surface area (Å²) in [7, 11) is 0. The van der Waals surface area contributed by atoms with Crippen molar-refractivity contribution in [2.75, 3.05) is 25.0 Å². The van der Waals surface area contributed by atoms with E-state index in [-0.39, 0.29) is 5.91 Å². The highest BCUT2D eigenvalue weighted by molar-refractivity contribution is 6.29. The van der Waals surface area contributed by atoms with Gasteiger partial charge in [-0.2, -0.15) is 0 Å². The van der Waals surface area contributed by atoms with Crippen molar-refractivity contribution < 1.29 is 4.79 Å². The molecule has 19 heavy (non-hydrogen) atoms. The number of amides is 1. The van der Waals surface area contributed by atoms with Crippen molar-refractivity contribution in [1.82, 2.24) is 14.9 Å². The van der Waals surface area contributed by atoms with Crippen LogP contribution in [0.4, 0.5) is 5.82 Å². The molecule has 5 nitrogen and oxygen atoms in total. The molecule has 1 saturated heterocycles. The van der Waals surface area contributed by atoms with E-state index >= 15 is 0 Å². The molecule has 6 heteroatoms. The van der Waals surface area contributed by atoms with Crippen LogP contribution in [-0.4, -0.2) is 40.4 Å². The van der Waals surface area contributed by atoms with Crippen LogP contribution >= 0.6 is 11.6 Å². The van der Waals surface area contributed by atoms with Crippen LogP contribution in [0, 0.1) is 0 Å². The Balaban J connectivity index is 1.81. The molecule has 1 N–H and O–H groups in total. The lowest BCUT2D eigenvalue weighted by atomic mass is 10.3. The molecule has 1 fully saturated rings. The molecule has 1 aliphatic heterocycles. The second-order valence-electron chi connectivity index (χ2n) is 4.61. The number of halogens is 1. The second kappa shape index (κ2) is 6.70. The van der Waals surface area contributed by atoms with Gasteiger partial charge in [-0.3, -0.25) is 4.79 Å². The Morgan fingerprint density at radius 2 is 2.16 bits per heavy atom. The Kier molecular flexibility index (Phi) is 4.96. The van der Waals surface area contributed by atoms with E-state index in [1.54, 1.807) is 6.07 Å². The Labute approximate surface area is 118 Å². The summed E-state index contributed by atoms with van der Waals surface area (Å²) in [5, 5.41) is 3.56. The molecular formula is C13H19ClN4O. The standard InChI is InChI=1S/C13H19ClN4O/c1-2-11-16-10(14)9-12(17-11)15-6-5-13(19)18-7-3-4-8-18/h9H,2-8H2,1H3,(H,15,16,17). The Hall–Kier alpha value is -1.36. The molecule has 2 heterocycles. The van der Waals surface area contributed by atoms with E-state index in [1.807, 2.05) is 11.8 Å². The van der Waals surface area contributed by atoms with Crippen LogP contribution < -0.4 is 5.32 Å². The van der Waals surface area contributed by atoms with Crippen LogP contribution in [0.15, 0.2) is 6.07 Å². The predicted octanol–water partition coefficient (Wildman–Crippen LogP) is 2.12. The van der Waals surface area contributed by atoms with Gasteiger partial charge in [-0.05, 0) is 12.8 Å². The van der Waals surface area contributed by atoms with E-state index in [0.29, 0.717) is 29.8 Å². The van der Waals surface area contributed by atoms with Crippen molar-refractivity contribution >= 4 is 23.3 Å². The molecule has 0 unspecified atom stereocenters. The normalized spacial score (nSPS) is 14.7. The first-order valence-electron chi connectivity index (χ1n) is 6.74. The molecule has 104 valence electrons. The fraction of sp³-hybridized carbons (Fsp3) is 0.615. The fourth-order valence-corrected chi connectivity index (χ4v) is 2.34. The minimum absolute atomic E-state index is 0.209. The van der Waals surface area contributed by atoms with Gasteiger partial charge < -0.3 is 10.2 Å². The fourth-order valence-electron chi connectivity index (χ4n) is 2.14. The first-order valence-corrected chi connectivity index (χ1v) is 7.12. The summed E-state index contributed by atoms with van der Waals surface area (Å²) in [5.41, 5.74) is 0. The van der Waals surface area contributed by atoms with E-state index in [9.17, 15) is 4.79 Å². The van der Waals surface area contributed by atoms with Gasteiger partial charge in [0.25, 0.3) is 0 Å². The number of rotatable bonds is 5. The number of likely N-dealkylation sites (tertiary alicyclic amines) is 1. The molecule has 0 bridgehead atoms.